The predicted octanol–water partition coefficient (Wildman–Crippen LogP) is 5.77. The van der Waals surface area contributed by atoms with Crippen LogP contribution in [0.15, 0.2) is 34.4 Å². The highest BCUT2D eigenvalue weighted by Crippen LogP contribution is 2.40. The fraction of sp³-hybridized carbons (Fsp3) is 0.667. The van der Waals surface area contributed by atoms with Crippen molar-refractivity contribution in [1.82, 2.24) is 5.32 Å². The van der Waals surface area contributed by atoms with Crippen LogP contribution in [-0.4, -0.2) is 18.1 Å². The highest BCUT2D eigenvalue weighted by Gasteiger charge is 2.26. The first-order valence-corrected chi connectivity index (χ1v) is 10.6. The lowest BCUT2D eigenvalue weighted by atomic mass is 9.72. The van der Waals surface area contributed by atoms with Gasteiger partial charge < -0.3 is 5.32 Å². The zero-order chi connectivity index (χ0) is 17.6. The molecule has 24 heavy (non-hydrogen) atoms. The predicted molar refractivity (Wildman–Crippen MR) is 106 cm³/mol. The van der Waals surface area contributed by atoms with E-state index in [0.717, 1.165) is 11.4 Å². The molecule has 0 unspecified atom stereocenters. The highest BCUT2D eigenvalue weighted by atomic mass is 32.2. The zero-order valence-corrected chi connectivity index (χ0v) is 16.6. The number of hydrogen-bond donors (Lipinski definition) is 1. The lowest BCUT2D eigenvalue weighted by molar-refractivity contribution is -0.110. The third kappa shape index (κ3) is 5.54. The SMILES string of the molecule is CS/C(=C/C(=O)/C=C/C1=C(C)CCCC1(C)C)NC1CCCCC1. The van der Waals surface area contributed by atoms with Crippen molar-refractivity contribution in [2.45, 2.75) is 78.2 Å². The molecule has 0 bridgehead atoms. The van der Waals surface area contributed by atoms with E-state index in [1.807, 2.05) is 6.26 Å². The van der Waals surface area contributed by atoms with Crippen molar-refractivity contribution in [2.24, 2.45) is 5.41 Å². The van der Waals surface area contributed by atoms with Gasteiger partial charge in [0, 0.05) is 12.1 Å². The maximum Gasteiger partial charge on any atom is 0.181 e. The normalized spacial score (nSPS) is 22.9. The van der Waals surface area contributed by atoms with Gasteiger partial charge in [-0.1, -0.05) is 44.8 Å². The molecule has 2 aliphatic rings. The van der Waals surface area contributed by atoms with Gasteiger partial charge in [-0.05, 0) is 62.3 Å². The van der Waals surface area contributed by atoms with Gasteiger partial charge in [-0.15, -0.1) is 11.8 Å². The second kappa shape index (κ2) is 8.94. The summed E-state index contributed by atoms with van der Waals surface area (Å²) in [5.41, 5.74) is 2.97. The summed E-state index contributed by atoms with van der Waals surface area (Å²) in [5, 5.41) is 4.56. The van der Waals surface area contributed by atoms with Crippen LogP contribution < -0.4 is 5.32 Å². The van der Waals surface area contributed by atoms with Crippen molar-refractivity contribution in [3.8, 4) is 0 Å². The van der Waals surface area contributed by atoms with E-state index in [0.29, 0.717) is 6.04 Å². The summed E-state index contributed by atoms with van der Waals surface area (Å²) in [6.45, 7) is 6.78. The quantitative estimate of drug-likeness (QED) is 0.619. The maximum atomic E-state index is 12.4. The van der Waals surface area contributed by atoms with Crippen LogP contribution in [0.2, 0.25) is 0 Å². The summed E-state index contributed by atoms with van der Waals surface area (Å²) in [7, 11) is 0. The first-order chi connectivity index (χ1) is 11.4. The molecule has 0 aromatic rings. The van der Waals surface area contributed by atoms with Crippen LogP contribution in [0.1, 0.15) is 72.1 Å². The minimum absolute atomic E-state index is 0.0873. The number of nitrogens with one attached hydrogen (secondary N) is 1. The van der Waals surface area contributed by atoms with E-state index >= 15 is 0 Å². The summed E-state index contributed by atoms with van der Waals surface area (Å²) in [6, 6.07) is 0.538. The minimum Gasteiger partial charge on any atom is -0.377 e. The summed E-state index contributed by atoms with van der Waals surface area (Å²) < 4.78 is 0. The van der Waals surface area contributed by atoms with E-state index in [1.165, 1.54) is 56.1 Å². The van der Waals surface area contributed by atoms with Gasteiger partial charge in [0.1, 0.15) is 0 Å². The Morgan fingerprint density at radius 3 is 2.54 bits per heavy atom. The van der Waals surface area contributed by atoms with Crippen LogP contribution >= 0.6 is 11.8 Å². The highest BCUT2D eigenvalue weighted by molar-refractivity contribution is 8.02. The minimum atomic E-state index is 0.0873. The third-order valence-corrected chi connectivity index (χ3v) is 6.08. The first kappa shape index (κ1) is 19.4. The zero-order valence-electron chi connectivity index (χ0n) is 15.8. The molecule has 2 aliphatic carbocycles. The van der Waals surface area contributed by atoms with E-state index in [-0.39, 0.29) is 11.2 Å². The second-order valence-corrected chi connectivity index (χ2v) is 8.71. The molecular weight excluding hydrogens is 314 g/mol. The van der Waals surface area contributed by atoms with Crippen molar-refractivity contribution in [1.29, 1.82) is 0 Å². The number of ketones is 1. The molecule has 0 aliphatic heterocycles. The monoisotopic (exact) mass is 347 g/mol. The van der Waals surface area contributed by atoms with E-state index < -0.39 is 0 Å². The lowest BCUT2D eigenvalue weighted by Gasteiger charge is -2.32. The summed E-state index contributed by atoms with van der Waals surface area (Å²) in [4.78, 5) is 12.4. The molecule has 0 amide bonds. The van der Waals surface area contributed by atoms with Gasteiger partial charge in [0.25, 0.3) is 0 Å². The van der Waals surface area contributed by atoms with Crippen molar-refractivity contribution in [3.05, 3.63) is 34.4 Å². The molecule has 0 spiro atoms. The molecule has 3 heteroatoms. The molecule has 1 N–H and O–H groups in total. The van der Waals surface area contributed by atoms with E-state index in [1.54, 1.807) is 23.9 Å². The Kier molecular flexibility index (Phi) is 7.21. The van der Waals surface area contributed by atoms with Crippen LogP contribution in [0.5, 0.6) is 0 Å². The Morgan fingerprint density at radius 2 is 1.92 bits per heavy atom. The second-order valence-electron chi connectivity index (χ2n) is 7.86. The Morgan fingerprint density at radius 1 is 1.21 bits per heavy atom. The van der Waals surface area contributed by atoms with Crippen molar-refractivity contribution in [3.63, 3.8) is 0 Å². The van der Waals surface area contributed by atoms with Crippen LogP contribution in [-0.2, 0) is 4.79 Å². The van der Waals surface area contributed by atoms with Gasteiger partial charge in [-0.25, -0.2) is 0 Å². The Labute approximate surface area is 152 Å². The first-order valence-electron chi connectivity index (χ1n) is 9.37. The number of carbonyl (C=O) groups excluding carboxylic acids is 1. The molecule has 2 nitrogen and oxygen atoms in total. The van der Waals surface area contributed by atoms with Gasteiger partial charge in [0.2, 0.25) is 0 Å². The van der Waals surface area contributed by atoms with Gasteiger partial charge in [-0.3, -0.25) is 4.79 Å². The third-order valence-electron chi connectivity index (χ3n) is 5.40. The molecule has 0 aromatic carbocycles. The summed E-state index contributed by atoms with van der Waals surface area (Å²) >= 11 is 1.64. The van der Waals surface area contributed by atoms with E-state index in [2.05, 4.69) is 32.2 Å². The molecule has 0 aromatic heterocycles. The van der Waals surface area contributed by atoms with Crippen LogP contribution in [0.4, 0.5) is 0 Å². The molecule has 0 heterocycles. The molecular formula is C21H33NOS. The fourth-order valence-electron chi connectivity index (χ4n) is 3.96. The molecule has 0 radical (unpaired) electrons. The van der Waals surface area contributed by atoms with Crippen LogP contribution in [0, 0.1) is 5.41 Å². The summed E-state index contributed by atoms with van der Waals surface area (Å²) in [5.74, 6) is 0.0873. The summed E-state index contributed by atoms with van der Waals surface area (Å²) in [6.07, 6.45) is 17.6. The molecule has 0 atom stereocenters. The van der Waals surface area contributed by atoms with E-state index in [4.69, 9.17) is 0 Å². The lowest BCUT2D eigenvalue weighted by Crippen LogP contribution is -2.29. The smallest absolute Gasteiger partial charge is 0.181 e. The van der Waals surface area contributed by atoms with E-state index in [9.17, 15) is 4.79 Å². The fourth-order valence-corrected chi connectivity index (χ4v) is 4.48. The number of allylic oxidation sites excluding steroid dienone is 5. The van der Waals surface area contributed by atoms with Gasteiger partial charge in [-0.2, -0.15) is 0 Å². The van der Waals surface area contributed by atoms with Gasteiger partial charge in [0.15, 0.2) is 5.78 Å². The maximum absolute atomic E-state index is 12.4. The van der Waals surface area contributed by atoms with Crippen LogP contribution in [0.25, 0.3) is 0 Å². The van der Waals surface area contributed by atoms with Crippen LogP contribution in [0.3, 0.4) is 0 Å². The molecule has 1 saturated carbocycles. The Balaban J connectivity index is 2.01. The van der Waals surface area contributed by atoms with Gasteiger partial charge in [0.05, 0.1) is 5.03 Å². The number of carbonyl (C=O) groups is 1. The van der Waals surface area contributed by atoms with Crippen molar-refractivity contribution < 1.29 is 4.79 Å². The molecule has 1 fully saturated rings. The topological polar surface area (TPSA) is 29.1 Å². The average Bonchev–Trinajstić information content (AvgIpc) is 2.54. The molecule has 0 saturated heterocycles. The number of hydrogen-bond acceptors (Lipinski definition) is 3. The molecule has 134 valence electrons. The van der Waals surface area contributed by atoms with Gasteiger partial charge >= 0.3 is 0 Å². The standard InChI is InChI=1S/C21H33NOS/c1-16-9-8-14-21(2,3)19(16)13-12-18(23)15-20(24-4)22-17-10-6-5-7-11-17/h12-13,15,17,22H,5-11,14H2,1-4H3/b13-12+,20-15+. The number of thioether (sulfide) groups is 1. The Bertz CT molecular complexity index is 536. The van der Waals surface area contributed by atoms with Crippen molar-refractivity contribution >= 4 is 17.5 Å². The van der Waals surface area contributed by atoms with Crippen molar-refractivity contribution in [2.75, 3.05) is 6.26 Å². The molecule has 2 rings (SSSR count). The largest absolute Gasteiger partial charge is 0.377 e. The number of rotatable bonds is 6. The Hall–Kier alpha value is -0.960. The average molecular weight is 348 g/mol.